The molecule has 1 fully saturated rings. The summed E-state index contributed by atoms with van der Waals surface area (Å²) < 4.78 is 11.4. The molecule has 1 aromatic carbocycles. The molecule has 1 aromatic rings. The zero-order valence-electron chi connectivity index (χ0n) is 15.8. The highest BCUT2D eigenvalue weighted by Gasteiger charge is 2.32. The molecule has 0 bridgehead atoms. The number of amides is 1. The van der Waals surface area contributed by atoms with Gasteiger partial charge in [0.15, 0.2) is 0 Å². The Bertz CT molecular complexity index is 619. The number of hydrogen-bond donors (Lipinski definition) is 0. The second-order valence-corrected chi connectivity index (χ2v) is 8.29. The number of hydrogen-bond acceptors (Lipinski definition) is 5. The van der Waals surface area contributed by atoms with E-state index < -0.39 is 5.60 Å². The minimum absolute atomic E-state index is 0.251. The molecular weight excluding hydrogens is 400 g/mol. The largest absolute Gasteiger partial charge is 0.468 e. The van der Waals surface area contributed by atoms with Gasteiger partial charge in [-0.25, -0.2) is 4.79 Å². The average Bonchev–Trinajstić information content (AvgIpc) is 2.59. The van der Waals surface area contributed by atoms with E-state index in [1.165, 1.54) is 7.11 Å². The standard InChI is InChI=1S/C19H27BrN2O4/c1-19(2,3)26-18(24)22-11-9-21(10-12-22)16(17(23)25-4)13-14-5-7-15(20)8-6-14/h5-8,16H,9-13H2,1-4H3. The van der Waals surface area contributed by atoms with Crippen molar-refractivity contribution in [3.05, 3.63) is 34.3 Å². The molecule has 26 heavy (non-hydrogen) atoms. The highest BCUT2D eigenvalue weighted by atomic mass is 79.9. The minimum Gasteiger partial charge on any atom is -0.468 e. The molecule has 144 valence electrons. The molecule has 0 spiro atoms. The van der Waals surface area contributed by atoms with Crippen LogP contribution in [0.25, 0.3) is 0 Å². The molecule has 0 aromatic heterocycles. The summed E-state index contributed by atoms with van der Waals surface area (Å²) in [6.07, 6.45) is 0.270. The van der Waals surface area contributed by atoms with Gasteiger partial charge in [-0.1, -0.05) is 28.1 Å². The summed E-state index contributed by atoms with van der Waals surface area (Å²) >= 11 is 3.42. The van der Waals surface area contributed by atoms with Gasteiger partial charge in [-0.3, -0.25) is 9.69 Å². The third-order valence-electron chi connectivity index (χ3n) is 4.22. The summed E-state index contributed by atoms with van der Waals surface area (Å²) in [5.41, 5.74) is 0.558. The van der Waals surface area contributed by atoms with Gasteiger partial charge in [0.2, 0.25) is 0 Å². The summed E-state index contributed by atoms with van der Waals surface area (Å²) in [6.45, 7) is 7.84. The van der Waals surface area contributed by atoms with Crippen molar-refractivity contribution in [2.24, 2.45) is 0 Å². The van der Waals surface area contributed by atoms with E-state index in [9.17, 15) is 9.59 Å². The Kier molecular flexibility index (Phi) is 7.06. The van der Waals surface area contributed by atoms with Crippen LogP contribution >= 0.6 is 15.9 Å². The van der Waals surface area contributed by atoms with E-state index in [1.54, 1.807) is 4.90 Å². The molecule has 1 unspecified atom stereocenters. The highest BCUT2D eigenvalue weighted by Crippen LogP contribution is 2.17. The Morgan fingerprint density at radius 3 is 2.19 bits per heavy atom. The van der Waals surface area contributed by atoms with Crippen molar-refractivity contribution in [2.75, 3.05) is 33.3 Å². The van der Waals surface area contributed by atoms with Gasteiger partial charge in [0, 0.05) is 30.7 Å². The molecule has 0 aliphatic carbocycles. The van der Waals surface area contributed by atoms with Crippen LogP contribution in [0.5, 0.6) is 0 Å². The van der Waals surface area contributed by atoms with Crippen LogP contribution < -0.4 is 0 Å². The van der Waals surface area contributed by atoms with E-state index in [2.05, 4.69) is 20.8 Å². The Morgan fingerprint density at radius 1 is 1.12 bits per heavy atom. The monoisotopic (exact) mass is 426 g/mol. The maximum atomic E-state index is 12.3. The van der Waals surface area contributed by atoms with E-state index in [1.807, 2.05) is 45.0 Å². The van der Waals surface area contributed by atoms with Gasteiger partial charge in [0.25, 0.3) is 0 Å². The average molecular weight is 427 g/mol. The van der Waals surface area contributed by atoms with E-state index >= 15 is 0 Å². The molecule has 1 aliphatic rings. The molecule has 1 aliphatic heterocycles. The topological polar surface area (TPSA) is 59.1 Å². The van der Waals surface area contributed by atoms with Gasteiger partial charge in [-0.15, -0.1) is 0 Å². The quantitative estimate of drug-likeness (QED) is 0.692. The normalized spacial score (nSPS) is 16.9. The number of halogens is 1. The van der Waals surface area contributed by atoms with Gasteiger partial charge in [-0.05, 0) is 44.9 Å². The van der Waals surface area contributed by atoms with Gasteiger partial charge in [0.1, 0.15) is 11.6 Å². The van der Waals surface area contributed by atoms with Crippen molar-refractivity contribution in [2.45, 2.75) is 38.8 Å². The number of rotatable bonds is 4. The molecule has 2 rings (SSSR count). The molecule has 1 atom stereocenters. The second-order valence-electron chi connectivity index (χ2n) is 7.37. The molecule has 1 amide bonds. The summed E-state index contributed by atoms with van der Waals surface area (Å²) in [5, 5.41) is 0. The van der Waals surface area contributed by atoms with E-state index in [0.717, 1.165) is 10.0 Å². The molecule has 1 heterocycles. The number of benzene rings is 1. The first-order chi connectivity index (χ1) is 12.2. The lowest BCUT2D eigenvalue weighted by atomic mass is 10.0. The molecule has 6 nitrogen and oxygen atoms in total. The van der Waals surface area contributed by atoms with Crippen LogP contribution in [0.3, 0.4) is 0 Å². The number of carbonyl (C=O) groups excluding carboxylic acids is 2. The third kappa shape index (κ3) is 5.99. The SMILES string of the molecule is COC(=O)C(Cc1ccc(Br)cc1)N1CCN(C(=O)OC(C)(C)C)CC1. The Morgan fingerprint density at radius 2 is 1.69 bits per heavy atom. The molecule has 0 radical (unpaired) electrons. The number of piperazine rings is 1. The molecule has 0 N–H and O–H groups in total. The lowest BCUT2D eigenvalue weighted by Crippen LogP contribution is -2.55. The minimum atomic E-state index is -0.510. The smallest absolute Gasteiger partial charge is 0.410 e. The number of ether oxygens (including phenoxy) is 2. The first-order valence-corrected chi connectivity index (χ1v) is 9.53. The Hall–Kier alpha value is -1.60. The maximum Gasteiger partial charge on any atom is 0.410 e. The van der Waals surface area contributed by atoms with Crippen LogP contribution in [0.4, 0.5) is 4.79 Å². The van der Waals surface area contributed by atoms with Crippen molar-refractivity contribution in [1.29, 1.82) is 0 Å². The first-order valence-electron chi connectivity index (χ1n) is 8.74. The fourth-order valence-electron chi connectivity index (χ4n) is 2.88. The first kappa shape index (κ1) is 20.7. The molecule has 0 saturated carbocycles. The van der Waals surface area contributed by atoms with E-state index in [0.29, 0.717) is 32.6 Å². The summed E-state index contributed by atoms with van der Waals surface area (Å²) in [7, 11) is 1.41. The Labute approximate surface area is 163 Å². The predicted molar refractivity (Wildman–Crippen MR) is 103 cm³/mol. The van der Waals surface area contributed by atoms with E-state index in [4.69, 9.17) is 9.47 Å². The lowest BCUT2D eigenvalue weighted by molar-refractivity contribution is -0.147. The van der Waals surface area contributed by atoms with Crippen LogP contribution in [-0.4, -0.2) is 66.8 Å². The van der Waals surface area contributed by atoms with Crippen LogP contribution in [0, 0.1) is 0 Å². The van der Waals surface area contributed by atoms with Gasteiger partial charge < -0.3 is 14.4 Å². The highest BCUT2D eigenvalue weighted by molar-refractivity contribution is 9.10. The number of carbonyl (C=O) groups is 2. The molecular formula is C19H27BrN2O4. The van der Waals surface area contributed by atoms with Crippen LogP contribution in [-0.2, 0) is 20.7 Å². The number of nitrogens with zero attached hydrogens (tertiary/aromatic N) is 2. The second kappa shape index (κ2) is 8.86. The summed E-state index contributed by atoms with van der Waals surface area (Å²) in [4.78, 5) is 28.3. The number of esters is 1. The lowest BCUT2D eigenvalue weighted by Gasteiger charge is -2.38. The zero-order chi connectivity index (χ0) is 19.3. The van der Waals surface area contributed by atoms with Crippen molar-refractivity contribution in [1.82, 2.24) is 9.80 Å². The van der Waals surface area contributed by atoms with Gasteiger partial charge >= 0.3 is 12.1 Å². The van der Waals surface area contributed by atoms with Crippen LogP contribution in [0.15, 0.2) is 28.7 Å². The fourth-order valence-corrected chi connectivity index (χ4v) is 3.15. The van der Waals surface area contributed by atoms with E-state index in [-0.39, 0.29) is 18.1 Å². The van der Waals surface area contributed by atoms with Crippen LogP contribution in [0.1, 0.15) is 26.3 Å². The van der Waals surface area contributed by atoms with Gasteiger partial charge in [-0.2, -0.15) is 0 Å². The molecule has 1 saturated heterocycles. The van der Waals surface area contributed by atoms with Crippen LogP contribution in [0.2, 0.25) is 0 Å². The van der Waals surface area contributed by atoms with Crippen molar-refractivity contribution in [3.8, 4) is 0 Å². The predicted octanol–water partition coefficient (Wildman–Crippen LogP) is 3.09. The number of methoxy groups -OCH3 is 1. The van der Waals surface area contributed by atoms with Crippen molar-refractivity contribution >= 4 is 28.0 Å². The summed E-state index contributed by atoms with van der Waals surface area (Å²) in [6, 6.07) is 7.56. The fraction of sp³-hybridized carbons (Fsp3) is 0.579. The molecule has 7 heteroatoms. The van der Waals surface area contributed by atoms with Crippen molar-refractivity contribution in [3.63, 3.8) is 0 Å². The van der Waals surface area contributed by atoms with Gasteiger partial charge in [0.05, 0.1) is 7.11 Å². The zero-order valence-corrected chi connectivity index (χ0v) is 17.4. The third-order valence-corrected chi connectivity index (χ3v) is 4.75. The Balaban J connectivity index is 1.99. The maximum absolute atomic E-state index is 12.3. The van der Waals surface area contributed by atoms with Crippen molar-refractivity contribution < 1.29 is 19.1 Å². The summed E-state index contributed by atoms with van der Waals surface area (Å²) in [5.74, 6) is -0.251.